The van der Waals surface area contributed by atoms with Crippen molar-refractivity contribution in [3.05, 3.63) is 35.4 Å². The van der Waals surface area contributed by atoms with Crippen LogP contribution < -0.4 is 0 Å². The molecular formula is C19H29NO3. The second-order valence-corrected chi connectivity index (χ2v) is 7.69. The molecule has 0 spiro atoms. The number of piperidine rings is 1. The Morgan fingerprint density at radius 3 is 2.26 bits per heavy atom. The zero-order valence-corrected chi connectivity index (χ0v) is 15.0. The molecule has 4 nitrogen and oxygen atoms in total. The van der Waals surface area contributed by atoms with Gasteiger partial charge in [0.25, 0.3) is 0 Å². The molecule has 1 saturated heterocycles. The molecule has 0 atom stereocenters. The minimum absolute atomic E-state index is 0.177. The number of nitrogens with zero attached hydrogens (tertiary/aromatic N) is 1. The number of aryl methyl sites for hydroxylation is 1. The summed E-state index contributed by atoms with van der Waals surface area (Å²) in [5, 5.41) is 0. The van der Waals surface area contributed by atoms with Crippen molar-refractivity contribution in [2.75, 3.05) is 13.1 Å². The molecule has 0 unspecified atom stereocenters. The first-order valence-corrected chi connectivity index (χ1v) is 8.34. The number of carbonyl (C=O) groups excluding carboxylic acids is 1. The monoisotopic (exact) mass is 319 g/mol. The fourth-order valence-electron chi connectivity index (χ4n) is 2.57. The number of benzene rings is 1. The molecular weight excluding hydrogens is 290 g/mol. The van der Waals surface area contributed by atoms with E-state index in [0.29, 0.717) is 19.7 Å². The van der Waals surface area contributed by atoms with Gasteiger partial charge in [0.05, 0.1) is 12.2 Å². The van der Waals surface area contributed by atoms with Gasteiger partial charge in [-0.15, -0.1) is 0 Å². The Morgan fingerprint density at radius 1 is 1.17 bits per heavy atom. The molecule has 0 bridgehead atoms. The molecule has 1 aliphatic rings. The second-order valence-electron chi connectivity index (χ2n) is 7.69. The van der Waals surface area contributed by atoms with Crippen molar-refractivity contribution in [1.82, 2.24) is 4.90 Å². The van der Waals surface area contributed by atoms with Crippen molar-refractivity contribution in [2.45, 2.75) is 65.3 Å². The molecule has 0 aromatic heterocycles. The molecule has 1 aliphatic heterocycles. The average molecular weight is 319 g/mol. The molecule has 0 aliphatic carbocycles. The minimum Gasteiger partial charge on any atom is -0.444 e. The van der Waals surface area contributed by atoms with Gasteiger partial charge in [-0.25, -0.2) is 4.79 Å². The Balaban J connectivity index is 1.82. The van der Waals surface area contributed by atoms with E-state index < -0.39 is 5.60 Å². The Kier molecular flexibility index (Phi) is 5.35. The van der Waals surface area contributed by atoms with Crippen molar-refractivity contribution < 1.29 is 14.3 Å². The Hall–Kier alpha value is -1.55. The second kappa shape index (κ2) is 6.91. The van der Waals surface area contributed by atoms with E-state index in [4.69, 9.17) is 9.47 Å². The highest BCUT2D eigenvalue weighted by atomic mass is 16.6. The molecule has 1 aromatic rings. The predicted octanol–water partition coefficient (Wildman–Crippen LogP) is 4.30. The van der Waals surface area contributed by atoms with E-state index in [1.807, 2.05) is 20.8 Å². The van der Waals surface area contributed by atoms with Gasteiger partial charge in [0.1, 0.15) is 5.60 Å². The first-order valence-electron chi connectivity index (χ1n) is 8.34. The summed E-state index contributed by atoms with van der Waals surface area (Å²) < 4.78 is 11.6. The van der Waals surface area contributed by atoms with Crippen molar-refractivity contribution in [1.29, 1.82) is 0 Å². The minimum atomic E-state index is -0.445. The summed E-state index contributed by atoms with van der Waals surface area (Å²) >= 11 is 0. The Labute approximate surface area is 139 Å². The largest absolute Gasteiger partial charge is 0.444 e. The third kappa shape index (κ3) is 5.54. The molecule has 0 radical (unpaired) electrons. The van der Waals surface area contributed by atoms with Crippen molar-refractivity contribution in [3.8, 4) is 0 Å². The third-order valence-corrected chi connectivity index (χ3v) is 4.18. The molecule has 1 fully saturated rings. The predicted molar refractivity (Wildman–Crippen MR) is 91.4 cm³/mol. The van der Waals surface area contributed by atoms with Crippen LogP contribution in [0.25, 0.3) is 0 Å². The molecule has 1 amide bonds. The summed E-state index contributed by atoms with van der Waals surface area (Å²) in [4.78, 5) is 13.9. The van der Waals surface area contributed by atoms with E-state index in [9.17, 15) is 4.79 Å². The zero-order valence-electron chi connectivity index (χ0n) is 15.0. The van der Waals surface area contributed by atoms with Crippen LogP contribution in [-0.4, -0.2) is 35.3 Å². The first-order chi connectivity index (χ1) is 10.7. The van der Waals surface area contributed by atoms with Gasteiger partial charge in [-0.05, 0) is 53.0 Å². The van der Waals surface area contributed by atoms with E-state index in [2.05, 4.69) is 38.1 Å². The summed E-state index contributed by atoms with van der Waals surface area (Å²) in [7, 11) is 0. The molecule has 1 aromatic carbocycles. The van der Waals surface area contributed by atoms with Gasteiger partial charge in [-0.1, -0.05) is 29.8 Å². The van der Waals surface area contributed by atoms with Crippen LogP contribution in [0.4, 0.5) is 4.79 Å². The highest BCUT2D eigenvalue weighted by molar-refractivity contribution is 5.68. The number of hydrogen-bond acceptors (Lipinski definition) is 3. The standard InChI is InChI=1S/C19H29NO3/c1-15-6-8-16(9-7-15)14-22-19(5)10-12-20(13-11-19)17(21)23-18(2,3)4/h6-9H,10-14H2,1-5H3. The SMILES string of the molecule is Cc1ccc(COC2(C)CCN(C(=O)OC(C)(C)C)CC2)cc1. The number of carbonyl (C=O) groups is 1. The lowest BCUT2D eigenvalue weighted by Gasteiger charge is -2.39. The van der Waals surface area contributed by atoms with E-state index in [0.717, 1.165) is 12.8 Å². The first kappa shape index (κ1) is 17.8. The maximum absolute atomic E-state index is 12.1. The fraction of sp³-hybridized carbons (Fsp3) is 0.632. The van der Waals surface area contributed by atoms with Gasteiger partial charge < -0.3 is 14.4 Å². The van der Waals surface area contributed by atoms with Crippen LogP contribution in [0.2, 0.25) is 0 Å². The summed E-state index contributed by atoms with van der Waals surface area (Å²) in [6, 6.07) is 8.42. The van der Waals surface area contributed by atoms with Crippen molar-refractivity contribution in [2.24, 2.45) is 0 Å². The van der Waals surface area contributed by atoms with E-state index in [1.165, 1.54) is 11.1 Å². The number of amides is 1. The lowest BCUT2D eigenvalue weighted by Crippen LogP contribution is -2.47. The van der Waals surface area contributed by atoms with Gasteiger partial charge in [0, 0.05) is 13.1 Å². The van der Waals surface area contributed by atoms with Crippen molar-refractivity contribution in [3.63, 3.8) is 0 Å². The van der Waals surface area contributed by atoms with Crippen LogP contribution in [0.3, 0.4) is 0 Å². The van der Waals surface area contributed by atoms with Crippen LogP contribution in [-0.2, 0) is 16.1 Å². The lowest BCUT2D eigenvalue weighted by atomic mass is 9.93. The van der Waals surface area contributed by atoms with Crippen LogP contribution in [0.15, 0.2) is 24.3 Å². The van der Waals surface area contributed by atoms with Crippen LogP contribution >= 0.6 is 0 Å². The number of hydrogen-bond donors (Lipinski definition) is 0. The number of likely N-dealkylation sites (tertiary alicyclic amines) is 1. The molecule has 0 N–H and O–H groups in total. The van der Waals surface area contributed by atoms with E-state index in [1.54, 1.807) is 4.90 Å². The Bertz CT molecular complexity index is 523. The topological polar surface area (TPSA) is 38.8 Å². The summed E-state index contributed by atoms with van der Waals surface area (Å²) in [6.45, 7) is 11.9. The van der Waals surface area contributed by atoms with Gasteiger partial charge >= 0.3 is 6.09 Å². The van der Waals surface area contributed by atoms with Crippen LogP contribution in [0.1, 0.15) is 51.7 Å². The van der Waals surface area contributed by atoms with Gasteiger partial charge in [0.15, 0.2) is 0 Å². The van der Waals surface area contributed by atoms with E-state index >= 15 is 0 Å². The molecule has 23 heavy (non-hydrogen) atoms. The summed E-state index contributed by atoms with van der Waals surface area (Å²) in [5.41, 5.74) is 1.82. The average Bonchev–Trinajstić information content (AvgIpc) is 2.46. The van der Waals surface area contributed by atoms with Crippen LogP contribution in [0, 0.1) is 6.92 Å². The zero-order chi connectivity index (χ0) is 17.1. The third-order valence-electron chi connectivity index (χ3n) is 4.18. The maximum atomic E-state index is 12.1. The molecule has 4 heteroatoms. The highest BCUT2D eigenvalue weighted by Gasteiger charge is 2.34. The van der Waals surface area contributed by atoms with Gasteiger partial charge in [-0.2, -0.15) is 0 Å². The lowest BCUT2D eigenvalue weighted by molar-refractivity contribution is -0.0811. The summed E-state index contributed by atoms with van der Waals surface area (Å²) in [5.74, 6) is 0. The van der Waals surface area contributed by atoms with Crippen molar-refractivity contribution >= 4 is 6.09 Å². The maximum Gasteiger partial charge on any atom is 0.410 e. The van der Waals surface area contributed by atoms with Crippen LogP contribution in [0.5, 0.6) is 0 Å². The molecule has 128 valence electrons. The number of rotatable bonds is 3. The Morgan fingerprint density at radius 2 is 1.74 bits per heavy atom. The summed E-state index contributed by atoms with van der Waals surface area (Å²) in [6.07, 6.45) is 1.44. The number of ether oxygens (including phenoxy) is 2. The smallest absolute Gasteiger partial charge is 0.410 e. The molecule has 1 heterocycles. The van der Waals surface area contributed by atoms with Gasteiger partial charge in [0.2, 0.25) is 0 Å². The quantitative estimate of drug-likeness (QED) is 0.833. The fourth-order valence-corrected chi connectivity index (χ4v) is 2.57. The highest BCUT2D eigenvalue weighted by Crippen LogP contribution is 2.28. The van der Waals surface area contributed by atoms with Gasteiger partial charge in [-0.3, -0.25) is 0 Å². The normalized spacial score (nSPS) is 17.9. The molecule has 0 saturated carbocycles. The molecule has 2 rings (SSSR count). The van der Waals surface area contributed by atoms with E-state index in [-0.39, 0.29) is 11.7 Å².